The topological polar surface area (TPSA) is 24.9 Å². The maximum absolute atomic E-state index is 13.5. The Morgan fingerprint density at radius 2 is 2.10 bits per heavy atom. The molecule has 0 saturated carbocycles. The van der Waals surface area contributed by atoms with Crippen LogP contribution in [0.25, 0.3) is 0 Å². The standard InChI is InChI=1S/C13H11ClF4N2S/c1-2-19-11(7-4-3-5-8(15)10(7)14)9-6-20-12(21-9)13(16,17)18/h3-6,11,19H,2H2,1H3. The summed E-state index contributed by atoms with van der Waals surface area (Å²) in [5.74, 6) is -0.613. The number of aromatic nitrogens is 1. The summed E-state index contributed by atoms with van der Waals surface area (Å²) in [5, 5.41) is 1.96. The zero-order chi connectivity index (χ0) is 15.6. The molecule has 1 aromatic carbocycles. The van der Waals surface area contributed by atoms with Crippen LogP contribution in [0.5, 0.6) is 0 Å². The predicted octanol–water partition coefficient (Wildman–Crippen LogP) is 4.65. The molecule has 0 aliphatic rings. The molecule has 0 spiro atoms. The van der Waals surface area contributed by atoms with E-state index in [1.54, 1.807) is 13.0 Å². The van der Waals surface area contributed by atoms with Crippen LogP contribution in [0.1, 0.15) is 28.4 Å². The van der Waals surface area contributed by atoms with Crippen LogP contribution in [0.4, 0.5) is 17.6 Å². The summed E-state index contributed by atoms with van der Waals surface area (Å²) < 4.78 is 51.5. The van der Waals surface area contributed by atoms with Gasteiger partial charge in [0, 0.05) is 11.1 Å². The van der Waals surface area contributed by atoms with Crippen LogP contribution in [0.3, 0.4) is 0 Å². The Hall–Kier alpha value is -1.18. The number of rotatable bonds is 4. The first-order valence-corrected chi connectivity index (χ1v) is 7.24. The molecule has 1 aromatic heterocycles. The molecule has 0 fully saturated rings. The Balaban J connectivity index is 2.44. The lowest BCUT2D eigenvalue weighted by Gasteiger charge is -2.18. The number of halogens is 5. The molecule has 2 nitrogen and oxygen atoms in total. The van der Waals surface area contributed by atoms with E-state index in [9.17, 15) is 17.6 Å². The summed E-state index contributed by atoms with van der Waals surface area (Å²) in [4.78, 5) is 3.72. The predicted molar refractivity (Wildman–Crippen MR) is 74.0 cm³/mol. The summed E-state index contributed by atoms with van der Waals surface area (Å²) >= 11 is 6.43. The Morgan fingerprint density at radius 1 is 1.38 bits per heavy atom. The van der Waals surface area contributed by atoms with Gasteiger partial charge in [-0.3, -0.25) is 0 Å². The van der Waals surface area contributed by atoms with Gasteiger partial charge in [0.1, 0.15) is 5.82 Å². The van der Waals surface area contributed by atoms with Crippen LogP contribution in [0, 0.1) is 5.82 Å². The third-order valence-electron chi connectivity index (χ3n) is 2.75. The molecule has 0 saturated heterocycles. The number of thiazole rings is 1. The highest BCUT2D eigenvalue weighted by Gasteiger charge is 2.35. The van der Waals surface area contributed by atoms with E-state index in [0.717, 1.165) is 6.20 Å². The molecule has 1 atom stereocenters. The molecule has 0 radical (unpaired) electrons. The molecule has 1 unspecified atom stereocenters. The second-order valence-corrected chi connectivity index (χ2v) is 5.64. The normalized spacial score (nSPS) is 13.4. The minimum absolute atomic E-state index is 0.106. The maximum Gasteiger partial charge on any atom is 0.443 e. The van der Waals surface area contributed by atoms with Gasteiger partial charge < -0.3 is 5.32 Å². The van der Waals surface area contributed by atoms with Crippen molar-refractivity contribution in [3.63, 3.8) is 0 Å². The van der Waals surface area contributed by atoms with E-state index >= 15 is 0 Å². The fourth-order valence-electron chi connectivity index (χ4n) is 1.86. The van der Waals surface area contributed by atoms with Crippen molar-refractivity contribution in [2.45, 2.75) is 19.1 Å². The number of nitrogens with one attached hydrogen (secondary N) is 1. The first-order valence-electron chi connectivity index (χ1n) is 6.04. The van der Waals surface area contributed by atoms with E-state index in [1.807, 2.05) is 0 Å². The molecule has 1 N–H and O–H groups in total. The SMILES string of the molecule is CCNC(c1cnc(C(F)(F)F)s1)c1cccc(F)c1Cl. The Bertz CT molecular complexity index is 627. The molecule has 2 aromatic rings. The van der Waals surface area contributed by atoms with Crippen molar-refractivity contribution in [2.24, 2.45) is 0 Å². The highest BCUT2D eigenvalue weighted by Crippen LogP contribution is 2.37. The molecule has 21 heavy (non-hydrogen) atoms. The second-order valence-electron chi connectivity index (χ2n) is 4.20. The van der Waals surface area contributed by atoms with Gasteiger partial charge in [-0.1, -0.05) is 30.7 Å². The lowest BCUT2D eigenvalue weighted by Crippen LogP contribution is -2.21. The van der Waals surface area contributed by atoms with Crippen molar-refractivity contribution in [1.29, 1.82) is 0 Å². The van der Waals surface area contributed by atoms with Gasteiger partial charge in [0.05, 0.1) is 11.1 Å². The van der Waals surface area contributed by atoms with Gasteiger partial charge in [-0.05, 0) is 18.2 Å². The third-order valence-corrected chi connectivity index (χ3v) is 4.26. The monoisotopic (exact) mass is 338 g/mol. The summed E-state index contributed by atoms with van der Waals surface area (Å²) in [6.45, 7) is 2.28. The van der Waals surface area contributed by atoms with E-state index in [0.29, 0.717) is 28.3 Å². The third kappa shape index (κ3) is 3.53. The maximum atomic E-state index is 13.5. The van der Waals surface area contributed by atoms with Gasteiger partial charge in [0.25, 0.3) is 0 Å². The smallest absolute Gasteiger partial charge is 0.306 e. The molecule has 0 aliphatic heterocycles. The molecule has 1 heterocycles. The van der Waals surface area contributed by atoms with Crippen LogP contribution in [0.15, 0.2) is 24.4 Å². The number of hydrogen-bond donors (Lipinski definition) is 1. The quantitative estimate of drug-likeness (QED) is 0.821. The molecule has 114 valence electrons. The van der Waals surface area contributed by atoms with Gasteiger partial charge in [-0.2, -0.15) is 13.2 Å². The Kier molecular flexibility index (Phi) is 4.85. The van der Waals surface area contributed by atoms with Crippen LogP contribution in [-0.4, -0.2) is 11.5 Å². The molecular weight excluding hydrogens is 328 g/mol. The van der Waals surface area contributed by atoms with Gasteiger partial charge in [0.15, 0.2) is 5.01 Å². The van der Waals surface area contributed by atoms with E-state index < -0.39 is 23.0 Å². The highest BCUT2D eigenvalue weighted by atomic mass is 35.5. The lowest BCUT2D eigenvalue weighted by atomic mass is 10.1. The number of alkyl halides is 3. The second kappa shape index (κ2) is 6.29. The van der Waals surface area contributed by atoms with Gasteiger partial charge >= 0.3 is 6.18 Å². The minimum Gasteiger partial charge on any atom is -0.306 e. The average molecular weight is 339 g/mol. The molecule has 2 rings (SSSR count). The van der Waals surface area contributed by atoms with Crippen molar-refractivity contribution in [2.75, 3.05) is 6.54 Å². The van der Waals surface area contributed by atoms with Gasteiger partial charge in [0.2, 0.25) is 0 Å². The first kappa shape index (κ1) is 16.2. The Morgan fingerprint density at radius 3 is 2.67 bits per heavy atom. The highest BCUT2D eigenvalue weighted by molar-refractivity contribution is 7.11. The summed E-state index contributed by atoms with van der Waals surface area (Å²) in [6, 6.07) is 3.60. The van der Waals surface area contributed by atoms with Crippen molar-refractivity contribution < 1.29 is 17.6 Å². The van der Waals surface area contributed by atoms with E-state index in [-0.39, 0.29) is 5.02 Å². The summed E-state index contributed by atoms with van der Waals surface area (Å²) in [6.07, 6.45) is -3.35. The zero-order valence-corrected chi connectivity index (χ0v) is 12.4. The fraction of sp³-hybridized carbons (Fsp3) is 0.308. The number of hydrogen-bond acceptors (Lipinski definition) is 3. The number of benzene rings is 1. The minimum atomic E-state index is -4.49. The van der Waals surface area contributed by atoms with Crippen molar-refractivity contribution in [1.82, 2.24) is 10.3 Å². The molecular formula is C13H11ClF4N2S. The van der Waals surface area contributed by atoms with Crippen LogP contribution in [-0.2, 0) is 6.18 Å². The van der Waals surface area contributed by atoms with Gasteiger partial charge in [-0.15, -0.1) is 11.3 Å². The summed E-state index contributed by atoms with van der Waals surface area (Å²) in [7, 11) is 0. The molecule has 8 heteroatoms. The first-order chi connectivity index (χ1) is 9.84. The number of nitrogens with zero attached hydrogens (tertiary/aromatic N) is 1. The zero-order valence-electron chi connectivity index (χ0n) is 10.8. The molecule has 0 aliphatic carbocycles. The molecule has 0 amide bonds. The lowest BCUT2D eigenvalue weighted by molar-refractivity contribution is -0.137. The largest absolute Gasteiger partial charge is 0.443 e. The van der Waals surface area contributed by atoms with E-state index in [1.165, 1.54) is 12.1 Å². The van der Waals surface area contributed by atoms with Gasteiger partial charge in [-0.25, -0.2) is 9.37 Å². The van der Waals surface area contributed by atoms with Crippen molar-refractivity contribution >= 4 is 22.9 Å². The van der Waals surface area contributed by atoms with Crippen molar-refractivity contribution in [3.05, 3.63) is 50.7 Å². The average Bonchev–Trinajstić information content (AvgIpc) is 2.89. The summed E-state index contributed by atoms with van der Waals surface area (Å²) in [5.41, 5.74) is 0.385. The van der Waals surface area contributed by atoms with Crippen LogP contribution in [0.2, 0.25) is 5.02 Å². The molecule has 0 bridgehead atoms. The Labute approximate surface area is 127 Å². The van der Waals surface area contributed by atoms with Crippen molar-refractivity contribution in [3.8, 4) is 0 Å². The van der Waals surface area contributed by atoms with E-state index in [2.05, 4.69) is 10.3 Å². The fourth-order valence-corrected chi connectivity index (χ4v) is 2.98. The van der Waals surface area contributed by atoms with E-state index in [4.69, 9.17) is 11.6 Å². The van der Waals surface area contributed by atoms with Crippen LogP contribution < -0.4 is 5.32 Å². The van der Waals surface area contributed by atoms with Crippen LogP contribution >= 0.6 is 22.9 Å².